The van der Waals surface area contributed by atoms with E-state index in [1.54, 1.807) is 7.11 Å². The molecule has 2 heterocycles. The molecule has 6 nitrogen and oxygen atoms in total. The fraction of sp³-hybridized carbons (Fsp3) is 0.333. The number of ether oxygens (including phenoxy) is 2. The zero-order chi connectivity index (χ0) is 17.8. The second-order valence-corrected chi connectivity index (χ2v) is 6.29. The highest BCUT2D eigenvalue weighted by Crippen LogP contribution is 2.27. The summed E-state index contributed by atoms with van der Waals surface area (Å²) in [6, 6.07) is 11.9. The molecule has 2 aromatic heterocycles. The van der Waals surface area contributed by atoms with Gasteiger partial charge in [0, 0.05) is 11.8 Å². The van der Waals surface area contributed by atoms with E-state index >= 15 is 0 Å². The average molecular weight is 359 g/mol. The van der Waals surface area contributed by atoms with Crippen molar-refractivity contribution in [2.45, 2.75) is 20.1 Å². The second-order valence-electron chi connectivity index (χ2n) is 5.92. The van der Waals surface area contributed by atoms with E-state index in [9.17, 15) is 0 Å². The van der Waals surface area contributed by atoms with Crippen molar-refractivity contribution in [2.75, 3.05) is 20.8 Å². The van der Waals surface area contributed by atoms with E-state index < -0.39 is 0 Å². The highest BCUT2D eigenvalue weighted by molar-refractivity contribution is 7.71. The molecular formula is C18H23N4O2S+. The van der Waals surface area contributed by atoms with Crippen LogP contribution in [0, 0.1) is 4.77 Å². The minimum Gasteiger partial charge on any atom is -0.493 e. The Morgan fingerprint density at radius 3 is 2.76 bits per heavy atom. The van der Waals surface area contributed by atoms with E-state index in [1.165, 1.54) is 10.5 Å². The lowest BCUT2D eigenvalue weighted by Gasteiger charge is -2.15. The molecule has 0 aliphatic carbocycles. The molecule has 1 aromatic carbocycles. The first-order valence-corrected chi connectivity index (χ1v) is 8.68. The van der Waals surface area contributed by atoms with Gasteiger partial charge in [-0.2, -0.15) is 4.68 Å². The summed E-state index contributed by atoms with van der Waals surface area (Å²) in [4.78, 5) is 1.27. The van der Waals surface area contributed by atoms with Crippen LogP contribution in [0.25, 0.3) is 5.65 Å². The molecule has 0 aliphatic rings. The third-order valence-electron chi connectivity index (χ3n) is 3.94. The van der Waals surface area contributed by atoms with Crippen LogP contribution < -0.4 is 14.4 Å². The van der Waals surface area contributed by atoms with Crippen LogP contribution in [0.4, 0.5) is 0 Å². The summed E-state index contributed by atoms with van der Waals surface area (Å²) in [5, 5.41) is 4.58. The number of hydrogen-bond acceptors (Lipinski definition) is 4. The molecule has 25 heavy (non-hydrogen) atoms. The lowest BCUT2D eigenvalue weighted by molar-refractivity contribution is -0.917. The zero-order valence-electron chi connectivity index (χ0n) is 14.7. The maximum Gasteiger partial charge on any atom is 0.207 e. The van der Waals surface area contributed by atoms with Crippen molar-refractivity contribution in [1.82, 2.24) is 14.2 Å². The minimum atomic E-state index is 0.618. The first-order chi connectivity index (χ1) is 12.1. The molecule has 3 aromatic rings. The number of quaternary nitrogens is 1. The molecule has 0 spiro atoms. The molecule has 3 rings (SSSR count). The summed E-state index contributed by atoms with van der Waals surface area (Å²) in [7, 11) is 3.78. The van der Waals surface area contributed by atoms with Gasteiger partial charge in [-0.15, -0.1) is 5.10 Å². The lowest BCUT2D eigenvalue weighted by atomic mass is 10.2. The van der Waals surface area contributed by atoms with Gasteiger partial charge in [-0.05, 0) is 49.5 Å². The smallest absolute Gasteiger partial charge is 0.207 e. The Labute approximate surface area is 152 Å². The van der Waals surface area contributed by atoms with E-state index in [0.29, 0.717) is 18.0 Å². The molecule has 0 saturated carbocycles. The van der Waals surface area contributed by atoms with Crippen LogP contribution in [-0.2, 0) is 13.2 Å². The predicted octanol–water partition coefficient (Wildman–Crippen LogP) is 1.94. The van der Waals surface area contributed by atoms with Crippen LogP contribution in [0.1, 0.15) is 12.5 Å². The van der Waals surface area contributed by atoms with Crippen LogP contribution in [0.3, 0.4) is 0 Å². The molecule has 1 atom stereocenters. The highest BCUT2D eigenvalue weighted by atomic mass is 32.1. The van der Waals surface area contributed by atoms with Gasteiger partial charge in [-0.25, -0.2) is 0 Å². The van der Waals surface area contributed by atoms with Crippen molar-refractivity contribution in [3.8, 4) is 11.5 Å². The summed E-state index contributed by atoms with van der Waals surface area (Å²) < 4.78 is 15.5. The van der Waals surface area contributed by atoms with Crippen LogP contribution in [0.2, 0.25) is 0 Å². The number of pyridine rings is 1. The molecule has 0 aliphatic heterocycles. The average Bonchev–Trinajstić information content (AvgIpc) is 2.92. The van der Waals surface area contributed by atoms with Gasteiger partial charge in [0.1, 0.15) is 6.54 Å². The number of fused-ring (bicyclic) bond motifs is 1. The van der Waals surface area contributed by atoms with E-state index in [1.807, 2.05) is 52.5 Å². The monoisotopic (exact) mass is 359 g/mol. The Morgan fingerprint density at radius 2 is 2.04 bits per heavy atom. The summed E-state index contributed by atoms with van der Waals surface area (Å²) in [5.74, 6) is 1.53. The normalized spacial score (nSPS) is 12.3. The van der Waals surface area contributed by atoms with Crippen LogP contribution >= 0.6 is 12.2 Å². The number of aromatic nitrogens is 3. The first-order valence-electron chi connectivity index (χ1n) is 8.27. The van der Waals surface area contributed by atoms with Gasteiger partial charge >= 0.3 is 0 Å². The Hall–Kier alpha value is -2.38. The number of benzene rings is 1. The quantitative estimate of drug-likeness (QED) is 0.655. The SMILES string of the molecule is CCOc1ccc(C[NH+](C)Cn2nc3ccccn3c2=S)cc1OC. The third-order valence-corrected chi connectivity index (χ3v) is 4.35. The minimum absolute atomic E-state index is 0.618. The molecule has 0 amide bonds. The van der Waals surface area contributed by atoms with Crippen molar-refractivity contribution in [1.29, 1.82) is 0 Å². The van der Waals surface area contributed by atoms with Crippen molar-refractivity contribution in [2.24, 2.45) is 0 Å². The van der Waals surface area contributed by atoms with Crippen molar-refractivity contribution in [3.05, 3.63) is 52.9 Å². The van der Waals surface area contributed by atoms with Gasteiger partial charge in [-0.3, -0.25) is 4.40 Å². The molecule has 0 radical (unpaired) electrons. The Morgan fingerprint density at radius 1 is 1.20 bits per heavy atom. The van der Waals surface area contributed by atoms with Gasteiger partial charge in [0.05, 0.1) is 20.8 Å². The number of methoxy groups -OCH3 is 1. The van der Waals surface area contributed by atoms with Crippen LogP contribution in [-0.4, -0.2) is 34.9 Å². The van der Waals surface area contributed by atoms with E-state index in [-0.39, 0.29) is 0 Å². The molecule has 1 N–H and O–H groups in total. The molecule has 7 heteroatoms. The van der Waals surface area contributed by atoms with Crippen molar-refractivity contribution in [3.63, 3.8) is 0 Å². The Bertz CT molecular complexity index is 919. The van der Waals surface area contributed by atoms with Crippen LogP contribution in [0.5, 0.6) is 11.5 Å². The highest BCUT2D eigenvalue weighted by Gasteiger charge is 2.11. The molecule has 0 fully saturated rings. The maximum absolute atomic E-state index is 5.57. The van der Waals surface area contributed by atoms with Gasteiger partial charge in [0.2, 0.25) is 4.77 Å². The molecule has 132 valence electrons. The largest absolute Gasteiger partial charge is 0.493 e. The van der Waals surface area contributed by atoms with Gasteiger partial charge < -0.3 is 14.4 Å². The lowest BCUT2D eigenvalue weighted by Crippen LogP contribution is -3.07. The number of nitrogens with one attached hydrogen (secondary N) is 1. The van der Waals surface area contributed by atoms with Gasteiger partial charge in [-0.1, -0.05) is 6.07 Å². The summed E-state index contributed by atoms with van der Waals surface area (Å²) in [6.45, 7) is 4.10. The zero-order valence-corrected chi connectivity index (χ0v) is 15.5. The van der Waals surface area contributed by atoms with Gasteiger partial charge in [0.25, 0.3) is 0 Å². The molecular weight excluding hydrogens is 336 g/mol. The van der Waals surface area contributed by atoms with E-state index in [2.05, 4.69) is 18.2 Å². The number of hydrogen-bond donors (Lipinski definition) is 1. The van der Waals surface area contributed by atoms with Gasteiger partial charge in [0.15, 0.2) is 23.8 Å². The van der Waals surface area contributed by atoms with Crippen molar-refractivity contribution < 1.29 is 14.4 Å². The maximum atomic E-state index is 5.57. The first kappa shape index (κ1) is 17.4. The fourth-order valence-corrected chi connectivity index (χ4v) is 3.09. The fourth-order valence-electron chi connectivity index (χ4n) is 2.83. The van der Waals surface area contributed by atoms with E-state index in [4.69, 9.17) is 21.7 Å². The number of rotatable bonds is 7. The van der Waals surface area contributed by atoms with Crippen molar-refractivity contribution >= 4 is 17.9 Å². The summed E-state index contributed by atoms with van der Waals surface area (Å²) in [6.07, 6.45) is 1.94. The standard InChI is InChI=1S/C18H22N4O2S/c1-4-24-15-9-8-14(11-16(15)23-3)12-20(2)13-22-18(25)21-10-6-5-7-17(21)19-22/h5-11H,4,12-13H2,1-3H3/p+1. The summed E-state index contributed by atoms with van der Waals surface area (Å²) >= 11 is 5.51. The number of nitrogens with zero attached hydrogens (tertiary/aromatic N) is 3. The molecule has 0 bridgehead atoms. The predicted molar refractivity (Wildman–Crippen MR) is 98.8 cm³/mol. The molecule has 0 saturated heterocycles. The second kappa shape index (κ2) is 7.67. The van der Waals surface area contributed by atoms with Crippen LogP contribution in [0.15, 0.2) is 42.6 Å². The summed E-state index contributed by atoms with van der Waals surface area (Å²) in [5.41, 5.74) is 2.04. The van der Waals surface area contributed by atoms with E-state index in [0.717, 1.165) is 23.7 Å². The topological polar surface area (TPSA) is 45.1 Å². The Kier molecular flexibility index (Phi) is 5.35. The molecule has 1 unspecified atom stereocenters. The third kappa shape index (κ3) is 3.83. The Balaban J connectivity index is 1.74.